The van der Waals surface area contributed by atoms with Crippen molar-refractivity contribution in [3.05, 3.63) is 94.0 Å². The molecule has 0 heterocycles. The molecule has 3 aromatic carbocycles. The van der Waals surface area contributed by atoms with Crippen molar-refractivity contribution in [2.75, 3.05) is 20.3 Å². The predicted octanol–water partition coefficient (Wildman–Crippen LogP) is 8.69. The van der Waals surface area contributed by atoms with E-state index >= 15 is 0 Å². The van der Waals surface area contributed by atoms with Crippen molar-refractivity contribution in [2.24, 2.45) is 0 Å². The van der Waals surface area contributed by atoms with Crippen molar-refractivity contribution in [3.63, 3.8) is 0 Å². The molecule has 0 fully saturated rings. The number of benzene rings is 3. The Bertz CT molecular complexity index is 1240. The van der Waals surface area contributed by atoms with Crippen LogP contribution in [-0.2, 0) is 10.2 Å². The van der Waals surface area contributed by atoms with Gasteiger partial charge in [-0.3, -0.25) is 0 Å². The Morgan fingerprint density at radius 2 is 1.18 bits per heavy atom. The number of carbonyl (C=O) groups is 1. The summed E-state index contributed by atoms with van der Waals surface area (Å²) in [6.45, 7) is 12.2. The molecule has 0 aromatic heterocycles. The number of carbonyl (C=O) groups excluding carboxylic acids is 1. The second-order valence-corrected chi connectivity index (χ2v) is 10.3. The molecule has 0 aliphatic carbocycles. The molecule has 0 unspecified atom stereocenters. The highest BCUT2D eigenvalue weighted by molar-refractivity contribution is 5.89. The topological polar surface area (TPSA) is 44.8 Å². The highest BCUT2D eigenvalue weighted by Crippen LogP contribution is 2.38. The lowest BCUT2D eigenvalue weighted by Gasteiger charge is -2.25. The van der Waals surface area contributed by atoms with Crippen LogP contribution >= 0.6 is 0 Å². The van der Waals surface area contributed by atoms with Crippen molar-refractivity contribution < 1.29 is 19.0 Å². The third kappa shape index (κ3) is 8.11. The van der Waals surface area contributed by atoms with Gasteiger partial charge >= 0.3 is 5.97 Å². The summed E-state index contributed by atoms with van der Waals surface area (Å²) in [5.41, 5.74) is 5.87. The summed E-state index contributed by atoms with van der Waals surface area (Å²) in [6, 6.07) is 20.0. The van der Waals surface area contributed by atoms with Gasteiger partial charge in [0.2, 0.25) is 0 Å². The summed E-state index contributed by atoms with van der Waals surface area (Å²) in [5.74, 6) is 1.47. The van der Waals surface area contributed by atoms with Crippen LogP contribution < -0.4 is 9.47 Å². The van der Waals surface area contributed by atoms with E-state index in [1.165, 1.54) is 7.11 Å². The van der Waals surface area contributed by atoms with Gasteiger partial charge in [0.15, 0.2) is 0 Å². The smallest absolute Gasteiger partial charge is 0.337 e. The Morgan fingerprint density at radius 3 is 1.66 bits per heavy atom. The van der Waals surface area contributed by atoms with Crippen LogP contribution in [0, 0.1) is 0 Å². The number of hydrogen-bond acceptors (Lipinski definition) is 4. The van der Waals surface area contributed by atoms with Crippen LogP contribution in [0.3, 0.4) is 0 Å². The highest BCUT2D eigenvalue weighted by Gasteiger charge is 2.22. The van der Waals surface area contributed by atoms with Crippen LogP contribution in [0.25, 0.3) is 24.3 Å². The van der Waals surface area contributed by atoms with Gasteiger partial charge in [0.05, 0.1) is 25.9 Å². The summed E-state index contributed by atoms with van der Waals surface area (Å²) in [7, 11) is 1.38. The summed E-state index contributed by atoms with van der Waals surface area (Å²) in [4.78, 5) is 11.6. The third-order valence-electron chi connectivity index (χ3n) is 6.04. The number of methoxy groups -OCH3 is 1. The van der Waals surface area contributed by atoms with E-state index in [-0.39, 0.29) is 11.4 Å². The average molecular weight is 513 g/mol. The molecule has 3 rings (SSSR count). The van der Waals surface area contributed by atoms with Gasteiger partial charge in [-0.1, -0.05) is 95.3 Å². The Morgan fingerprint density at radius 1 is 0.711 bits per heavy atom. The quantitative estimate of drug-likeness (QED) is 0.190. The van der Waals surface area contributed by atoms with Crippen molar-refractivity contribution in [1.82, 2.24) is 0 Å². The number of ether oxygens (including phenoxy) is 3. The normalized spacial score (nSPS) is 11.7. The zero-order valence-corrected chi connectivity index (χ0v) is 23.5. The van der Waals surface area contributed by atoms with Gasteiger partial charge < -0.3 is 14.2 Å². The molecule has 0 aliphatic heterocycles. The zero-order chi connectivity index (χ0) is 27.5. The minimum atomic E-state index is -0.330. The molecule has 0 spiro atoms. The standard InChI is InChI=1S/C34H40O4/c1-7-21-37-31-24-30(34(3,4)5)32(38-22-8-2)23-29(31)20-17-26-12-9-25(10-13-26)11-14-27-15-18-28(19-16-27)33(35)36-6/h9-20,23-24H,7-8,21-22H2,1-6H3/b14-11+,20-17+. The second kappa shape index (κ2) is 13.7. The predicted molar refractivity (Wildman–Crippen MR) is 159 cm³/mol. The molecule has 4 nitrogen and oxygen atoms in total. The molecule has 0 saturated heterocycles. The van der Waals surface area contributed by atoms with Crippen LogP contribution in [0.5, 0.6) is 11.5 Å². The Hall–Kier alpha value is -3.79. The lowest BCUT2D eigenvalue weighted by atomic mass is 9.85. The summed E-state index contributed by atoms with van der Waals surface area (Å²) in [5, 5.41) is 0. The highest BCUT2D eigenvalue weighted by atomic mass is 16.5. The Kier molecular flexibility index (Phi) is 10.3. The van der Waals surface area contributed by atoms with E-state index < -0.39 is 0 Å². The number of esters is 1. The van der Waals surface area contributed by atoms with Crippen molar-refractivity contribution >= 4 is 30.3 Å². The average Bonchev–Trinajstić information content (AvgIpc) is 2.92. The molecule has 0 N–H and O–H groups in total. The van der Waals surface area contributed by atoms with Gasteiger partial charge in [-0.25, -0.2) is 4.79 Å². The van der Waals surface area contributed by atoms with Gasteiger partial charge in [-0.2, -0.15) is 0 Å². The van der Waals surface area contributed by atoms with Gasteiger partial charge in [0.1, 0.15) is 11.5 Å². The van der Waals surface area contributed by atoms with E-state index in [1.54, 1.807) is 12.1 Å². The van der Waals surface area contributed by atoms with Crippen LogP contribution in [0.1, 0.15) is 85.6 Å². The maximum absolute atomic E-state index is 11.6. The molecule has 0 aliphatic rings. The monoisotopic (exact) mass is 512 g/mol. The van der Waals surface area contributed by atoms with Crippen molar-refractivity contribution in [2.45, 2.75) is 52.9 Å². The first-order chi connectivity index (χ1) is 18.2. The first-order valence-corrected chi connectivity index (χ1v) is 13.3. The third-order valence-corrected chi connectivity index (χ3v) is 6.04. The van der Waals surface area contributed by atoms with Crippen LogP contribution in [0.15, 0.2) is 60.7 Å². The van der Waals surface area contributed by atoms with E-state index in [2.05, 4.69) is 89.2 Å². The fraction of sp³-hybridized carbons (Fsp3) is 0.324. The van der Waals surface area contributed by atoms with Crippen LogP contribution in [-0.4, -0.2) is 26.3 Å². The molecular weight excluding hydrogens is 472 g/mol. The zero-order valence-electron chi connectivity index (χ0n) is 23.5. The molecule has 0 saturated carbocycles. The maximum Gasteiger partial charge on any atom is 0.337 e. The van der Waals surface area contributed by atoms with Gasteiger partial charge in [0.25, 0.3) is 0 Å². The van der Waals surface area contributed by atoms with Crippen LogP contribution in [0.4, 0.5) is 0 Å². The van der Waals surface area contributed by atoms with Gasteiger partial charge in [-0.15, -0.1) is 0 Å². The second-order valence-electron chi connectivity index (χ2n) is 10.3. The molecule has 0 atom stereocenters. The van der Waals surface area contributed by atoms with E-state index in [0.717, 1.165) is 52.2 Å². The largest absolute Gasteiger partial charge is 0.493 e. The SMILES string of the molecule is CCCOc1cc(C(C)(C)C)c(OCCC)cc1/C=C/c1ccc(/C=C/c2ccc(C(=O)OC)cc2)cc1. The first-order valence-electron chi connectivity index (χ1n) is 13.3. The van der Waals surface area contributed by atoms with Gasteiger partial charge in [0, 0.05) is 11.1 Å². The van der Waals surface area contributed by atoms with Gasteiger partial charge in [-0.05, 0) is 59.2 Å². The molecule has 38 heavy (non-hydrogen) atoms. The molecule has 0 bridgehead atoms. The lowest BCUT2D eigenvalue weighted by Crippen LogP contribution is -2.15. The first kappa shape index (κ1) is 28.8. The summed E-state index contributed by atoms with van der Waals surface area (Å²) < 4.78 is 17.0. The van der Waals surface area contributed by atoms with E-state index in [0.29, 0.717) is 18.8 Å². The van der Waals surface area contributed by atoms with Crippen molar-refractivity contribution in [3.8, 4) is 11.5 Å². The summed E-state index contributed by atoms with van der Waals surface area (Å²) in [6.07, 6.45) is 10.2. The fourth-order valence-corrected chi connectivity index (χ4v) is 3.91. The number of rotatable bonds is 11. The molecule has 200 valence electrons. The fourth-order valence-electron chi connectivity index (χ4n) is 3.91. The van der Waals surface area contributed by atoms with E-state index in [1.807, 2.05) is 18.2 Å². The molecular formula is C34H40O4. The Balaban J connectivity index is 1.80. The minimum absolute atomic E-state index is 0.0532. The maximum atomic E-state index is 11.6. The summed E-state index contributed by atoms with van der Waals surface area (Å²) >= 11 is 0. The van der Waals surface area contributed by atoms with Crippen LogP contribution in [0.2, 0.25) is 0 Å². The molecule has 4 heteroatoms. The van der Waals surface area contributed by atoms with Crippen molar-refractivity contribution in [1.29, 1.82) is 0 Å². The Labute approximate surface area is 228 Å². The molecule has 3 aromatic rings. The minimum Gasteiger partial charge on any atom is -0.493 e. The van der Waals surface area contributed by atoms with E-state index in [4.69, 9.17) is 14.2 Å². The number of hydrogen-bond donors (Lipinski definition) is 0. The molecule has 0 amide bonds. The lowest BCUT2D eigenvalue weighted by molar-refractivity contribution is 0.0600. The van der Waals surface area contributed by atoms with E-state index in [9.17, 15) is 4.79 Å². The molecule has 0 radical (unpaired) electrons.